The van der Waals surface area contributed by atoms with E-state index in [9.17, 15) is 0 Å². The summed E-state index contributed by atoms with van der Waals surface area (Å²) in [7, 11) is 0. The number of nitrogens with two attached hydrogens (primary N) is 1. The second-order valence-corrected chi connectivity index (χ2v) is 7.22. The van der Waals surface area contributed by atoms with Crippen molar-refractivity contribution in [3.05, 3.63) is 0 Å². The van der Waals surface area contributed by atoms with Crippen molar-refractivity contribution in [1.82, 2.24) is 4.90 Å². The zero-order valence-electron chi connectivity index (χ0n) is 12.6. The molecule has 0 radical (unpaired) electrons. The minimum atomic E-state index is 0.458. The van der Waals surface area contributed by atoms with E-state index in [-0.39, 0.29) is 0 Å². The van der Waals surface area contributed by atoms with Gasteiger partial charge < -0.3 is 10.6 Å². The molecular formula is C16H32N2. The van der Waals surface area contributed by atoms with Crippen molar-refractivity contribution in [2.75, 3.05) is 19.6 Å². The standard InChI is InChI=1S/C16H32N2/c1-12(2)14-4-5-16(17)15(10-14)11-18-8-6-13(3)7-9-18/h12-16H,4-11,17H2,1-3H3. The quantitative estimate of drug-likeness (QED) is 0.836. The average Bonchev–Trinajstić information content (AvgIpc) is 2.34. The molecule has 0 amide bonds. The van der Waals surface area contributed by atoms with Gasteiger partial charge in [-0.25, -0.2) is 0 Å². The molecule has 2 nitrogen and oxygen atoms in total. The number of rotatable bonds is 3. The van der Waals surface area contributed by atoms with Crippen molar-refractivity contribution in [3.63, 3.8) is 0 Å². The maximum absolute atomic E-state index is 6.36. The molecule has 0 aromatic rings. The van der Waals surface area contributed by atoms with Crippen LogP contribution in [0.4, 0.5) is 0 Å². The van der Waals surface area contributed by atoms with Gasteiger partial charge in [-0.15, -0.1) is 0 Å². The third-order valence-electron chi connectivity index (χ3n) is 5.39. The Morgan fingerprint density at radius 1 is 1.11 bits per heavy atom. The number of likely N-dealkylation sites (tertiary alicyclic amines) is 1. The Morgan fingerprint density at radius 3 is 2.39 bits per heavy atom. The highest BCUT2D eigenvalue weighted by Gasteiger charge is 2.31. The summed E-state index contributed by atoms with van der Waals surface area (Å²) in [4.78, 5) is 2.67. The van der Waals surface area contributed by atoms with Crippen LogP contribution in [0, 0.1) is 23.7 Å². The summed E-state index contributed by atoms with van der Waals surface area (Å²) in [5.74, 6) is 3.43. The molecule has 2 heteroatoms. The zero-order valence-corrected chi connectivity index (χ0v) is 12.6. The van der Waals surface area contributed by atoms with Gasteiger partial charge >= 0.3 is 0 Å². The summed E-state index contributed by atoms with van der Waals surface area (Å²) in [6, 6.07) is 0.458. The number of hydrogen-bond donors (Lipinski definition) is 1. The zero-order chi connectivity index (χ0) is 13.1. The molecule has 2 N–H and O–H groups in total. The van der Waals surface area contributed by atoms with Crippen molar-refractivity contribution < 1.29 is 0 Å². The van der Waals surface area contributed by atoms with Crippen LogP contribution in [0.1, 0.15) is 52.9 Å². The Labute approximate surface area is 113 Å². The SMILES string of the molecule is CC1CCN(CC2CC(C(C)C)CCC2N)CC1. The van der Waals surface area contributed by atoms with E-state index in [0.29, 0.717) is 6.04 Å². The highest BCUT2D eigenvalue weighted by atomic mass is 15.1. The molecule has 2 fully saturated rings. The largest absolute Gasteiger partial charge is 0.327 e. The molecular weight excluding hydrogens is 220 g/mol. The first-order chi connectivity index (χ1) is 8.56. The predicted octanol–water partition coefficient (Wildman–Crippen LogP) is 3.12. The Hall–Kier alpha value is -0.0800. The first-order valence-electron chi connectivity index (χ1n) is 8.04. The molecule has 1 heterocycles. The first kappa shape index (κ1) is 14.3. The lowest BCUT2D eigenvalue weighted by atomic mass is 9.73. The summed E-state index contributed by atoms with van der Waals surface area (Å²) in [6.45, 7) is 11.0. The number of hydrogen-bond acceptors (Lipinski definition) is 2. The predicted molar refractivity (Wildman–Crippen MR) is 78.5 cm³/mol. The highest BCUT2D eigenvalue weighted by molar-refractivity contribution is 4.86. The normalized spacial score (nSPS) is 36.2. The number of nitrogens with zero attached hydrogens (tertiary/aromatic N) is 1. The molecule has 0 bridgehead atoms. The molecule has 1 aliphatic carbocycles. The second kappa shape index (κ2) is 6.38. The van der Waals surface area contributed by atoms with Crippen LogP contribution in [0.5, 0.6) is 0 Å². The maximum atomic E-state index is 6.36. The molecule has 2 rings (SSSR count). The fourth-order valence-corrected chi connectivity index (χ4v) is 3.72. The van der Waals surface area contributed by atoms with E-state index >= 15 is 0 Å². The minimum absolute atomic E-state index is 0.458. The van der Waals surface area contributed by atoms with E-state index in [1.807, 2.05) is 0 Å². The van der Waals surface area contributed by atoms with Crippen LogP contribution in [0.2, 0.25) is 0 Å². The van der Waals surface area contributed by atoms with E-state index in [1.165, 1.54) is 51.7 Å². The average molecular weight is 252 g/mol. The van der Waals surface area contributed by atoms with Crippen molar-refractivity contribution in [2.45, 2.75) is 58.9 Å². The molecule has 1 saturated heterocycles. The molecule has 2 aliphatic rings. The third-order valence-corrected chi connectivity index (χ3v) is 5.39. The lowest BCUT2D eigenvalue weighted by Crippen LogP contribution is -2.45. The molecule has 3 atom stereocenters. The Kier molecular flexibility index (Phi) is 5.08. The molecule has 0 aromatic heterocycles. The lowest BCUT2D eigenvalue weighted by molar-refractivity contribution is 0.113. The molecule has 18 heavy (non-hydrogen) atoms. The van der Waals surface area contributed by atoms with Gasteiger partial charge in [-0.1, -0.05) is 20.8 Å². The van der Waals surface area contributed by atoms with E-state index in [0.717, 1.165) is 23.7 Å². The van der Waals surface area contributed by atoms with Crippen LogP contribution in [-0.2, 0) is 0 Å². The maximum Gasteiger partial charge on any atom is 0.00795 e. The summed E-state index contributed by atoms with van der Waals surface area (Å²) in [5.41, 5.74) is 6.36. The van der Waals surface area contributed by atoms with Crippen LogP contribution in [0.3, 0.4) is 0 Å². The molecule has 0 aromatic carbocycles. The van der Waals surface area contributed by atoms with Crippen molar-refractivity contribution in [3.8, 4) is 0 Å². The molecule has 106 valence electrons. The fraction of sp³-hybridized carbons (Fsp3) is 1.00. The van der Waals surface area contributed by atoms with Crippen molar-refractivity contribution >= 4 is 0 Å². The van der Waals surface area contributed by atoms with Gasteiger partial charge in [0.25, 0.3) is 0 Å². The molecule has 1 aliphatic heterocycles. The number of piperidine rings is 1. The molecule has 1 saturated carbocycles. The van der Waals surface area contributed by atoms with E-state index < -0.39 is 0 Å². The Balaban J connectivity index is 1.83. The topological polar surface area (TPSA) is 29.3 Å². The molecule has 0 spiro atoms. The summed E-state index contributed by atoms with van der Waals surface area (Å²) >= 11 is 0. The summed E-state index contributed by atoms with van der Waals surface area (Å²) in [6.07, 6.45) is 6.74. The second-order valence-electron chi connectivity index (χ2n) is 7.22. The van der Waals surface area contributed by atoms with Crippen molar-refractivity contribution in [1.29, 1.82) is 0 Å². The lowest BCUT2D eigenvalue weighted by Gasteiger charge is -2.40. The molecule has 3 unspecified atom stereocenters. The smallest absolute Gasteiger partial charge is 0.00795 e. The van der Waals surface area contributed by atoms with Crippen LogP contribution in [-0.4, -0.2) is 30.6 Å². The van der Waals surface area contributed by atoms with Gasteiger partial charge in [0.05, 0.1) is 0 Å². The van der Waals surface area contributed by atoms with Gasteiger partial charge in [-0.05, 0) is 68.9 Å². The minimum Gasteiger partial charge on any atom is -0.327 e. The fourth-order valence-electron chi connectivity index (χ4n) is 3.72. The van der Waals surface area contributed by atoms with Gasteiger partial charge in [0.2, 0.25) is 0 Å². The van der Waals surface area contributed by atoms with Gasteiger partial charge in [0, 0.05) is 12.6 Å². The van der Waals surface area contributed by atoms with Gasteiger partial charge in [-0.2, -0.15) is 0 Å². The third kappa shape index (κ3) is 3.71. The van der Waals surface area contributed by atoms with Gasteiger partial charge in [0.15, 0.2) is 0 Å². The first-order valence-corrected chi connectivity index (χ1v) is 8.04. The van der Waals surface area contributed by atoms with Gasteiger partial charge in [-0.3, -0.25) is 0 Å². The highest BCUT2D eigenvalue weighted by Crippen LogP contribution is 2.34. The summed E-state index contributed by atoms with van der Waals surface area (Å²) < 4.78 is 0. The summed E-state index contributed by atoms with van der Waals surface area (Å²) in [5, 5.41) is 0. The van der Waals surface area contributed by atoms with Gasteiger partial charge in [0.1, 0.15) is 0 Å². The Morgan fingerprint density at radius 2 is 1.78 bits per heavy atom. The Bertz CT molecular complexity index is 243. The van der Waals surface area contributed by atoms with Crippen LogP contribution >= 0.6 is 0 Å². The van der Waals surface area contributed by atoms with E-state index in [4.69, 9.17) is 5.73 Å². The van der Waals surface area contributed by atoms with Crippen molar-refractivity contribution in [2.24, 2.45) is 29.4 Å². The van der Waals surface area contributed by atoms with Crippen LogP contribution < -0.4 is 5.73 Å². The van der Waals surface area contributed by atoms with Crippen LogP contribution in [0.25, 0.3) is 0 Å². The van der Waals surface area contributed by atoms with Crippen LogP contribution in [0.15, 0.2) is 0 Å². The van der Waals surface area contributed by atoms with E-state index in [2.05, 4.69) is 25.7 Å². The van der Waals surface area contributed by atoms with E-state index in [1.54, 1.807) is 0 Å². The monoisotopic (exact) mass is 252 g/mol.